The first-order chi connectivity index (χ1) is 10.1. The van der Waals surface area contributed by atoms with Gasteiger partial charge < -0.3 is 0 Å². The molecule has 0 saturated carbocycles. The van der Waals surface area contributed by atoms with E-state index in [9.17, 15) is 0 Å². The molecule has 0 aliphatic carbocycles. The molecule has 0 bridgehead atoms. The summed E-state index contributed by atoms with van der Waals surface area (Å²) in [6.45, 7) is 1.92. The van der Waals surface area contributed by atoms with Gasteiger partial charge in [-0.1, -0.05) is 65.7 Å². The van der Waals surface area contributed by atoms with Crippen molar-refractivity contribution in [1.29, 1.82) is 0 Å². The Balaban J connectivity index is 2.19. The summed E-state index contributed by atoms with van der Waals surface area (Å²) in [5.74, 6) is 0.576. The van der Waals surface area contributed by atoms with Crippen LogP contribution in [0.3, 0.4) is 0 Å². The maximum absolute atomic E-state index is 6.27. The van der Waals surface area contributed by atoms with Crippen LogP contribution in [0, 0.1) is 6.92 Å². The lowest BCUT2D eigenvalue weighted by atomic mass is 10.1. The minimum Gasteiger partial charge on any atom is -0.228 e. The van der Waals surface area contributed by atoms with Crippen molar-refractivity contribution in [2.45, 2.75) is 6.92 Å². The van der Waals surface area contributed by atoms with Gasteiger partial charge in [-0.2, -0.15) is 0 Å². The van der Waals surface area contributed by atoms with E-state index in [-0.39, 0.29) is 0 Å². The molecule has 3 rings (SSSR count). The molecule has 2 nitrogen and oxygen atoms in total. The van der Waals surface area contributed by atoms with Crippen molar-refractivity contribution in [3.8, 4) is 22.6 Å². The molecular formula is C17H12Cl2N2. The number of aromatic nitrogens is 2. The first-order valence-electron chi connectivity index (χ1n) is 6.50. The van der Waals surface area contributed by atoms with Crippen LogP contribution >= 0.6 is 23.2 Å². The van der Waals surface area contributed by atoms with E-state index in [1.807, 2.05) is 61.5 Å². The van der Waals surface area contributed by atoms with E-state index in [1.54, 1.807) is 0 Å². The van der Waals surface area contributed by atoms with Gasteiger partial charge in [-0.15, -0.1) is 0 Å². The number of hydrogen-bond donors (Lipinski definition) is 0. The zero-order chi connectivity index (χ0) is 14.8. The summed E-state index contributed by atoms with van der Waals surface area (Å²) in [6.07, 6.45) is 0. The molecule has 0 aliphatic heterocycles. The highest BCUT2D eigenvalue weighted by atomic mass is 35.5. The summed E-state index contributed by atoms with van der Waals surface area (Å²) in [5, 5.41) is 1.10. The normalized spacial score (nSPS) is 10.6. The third kappa shape index (κ3) is 2.92. The fourth-order valence-corrected chi connectivity index (χ4v) is 2.48. The molecule has 4 heteroatoms. The number of rotatable bonds is 2. The third-order valence-corrected chi connectivity index (χ3v) is 3.82. The van der Waals surface area contributed by atoms with Crippen LogP contribution in [0.5, 0.6) is 0 Å². The second kappa shape index (κ2) is 5.84. The minimum atomic E-state index is 0.457. The third-order valence-electron chi connectivity index (χ3n) is 3.22. The largest absolute Gasteiger partial charge is 0.228 e. The molecule has 21 heavy (non-hydrogen) atoms. The molecular weight excluding hydrogens is 303 g/mol. The first-order valence-corrected chi connectivity index (χ1v) is 7.26. The number of benzene rings is 2. The summed E-state index contributed by atoms with van der Waals surface area (Å²) in [7, 11) is 0. The number of nitrogens with zero attached hydrogens (tertiary/aromatic N) is 2. The minimum absolute atomic E-state index is 0.457. The SMILES string of the molecule is Cc1c(Cl)nc(-c2cccc(Cl)c2)nc1-c1ccccc1. The smallest absolute Gasteiger partial charge is 0.161 e. The summed E-state index contributed by atoms with van der Waals surface area (Å²) in [6, 6.07) is 17.4. The summed E-state index contributed by atoms with van der Waals surface area (Å²) >= 11 is 12.3. The molecule has 0 amide bonds. The van der Waals surface area contributed by atoms with Crippen molar-refractivity contribution in [3.05, 3.63) is 70.3 Å². The fraction of sp³-hybridized carbons (Fsp3) is 0.0588. The Bertz CT molecular complexity index is 786. The van der Waals surface area contributed by atoms with Crippen molar-refractivity contribution >= 4 is 23.2 Å². The van der Waals surface area contributed by atoms with E-state index in [2.05, 4.69) is 9.97 Å². The second-order valence-corrected chi connectivity index (χ2v) is 5.48. The average Bonchev–Trinajstić information content (AvgIpc) is 2.51. The predicted molar refractivity (Wildman–Crippen MR) is 87.7 cm³/mol. The van der Waals surface area contributed by atoms with Crippen LogP contribution < -0.4 is 0 Å². The molecule has 0 unspecified atom stereocenters. The van der Waals surface area contributed by atoms with E-state index in [1.165, 1.54) is 0 Å². The van der Waals surface area contributed by atoms with Crippen LogP contribution in [-0.4, -0.2) is 9.97 Å². The van der Waals surface area contributed by atoms with Gasteiger partial charge in [0.25, 0.3) is 0 Å². The van der Waals surface area contributed by atoms with Gasteiger partial charge in [0.15, 0.2) is 5.82 Å². The van der Waals surface area contributed by atoms with Crippen molar-refractivity contribution < 1.29 is 0 Å². The topological polar surface area (TPSA) is 25.8 Å². The van der Waals surface area contributed by atoms with E-state index in [0.717, 1.165) is 22.4 Å². The molecule has 3 aromatic rings. The molecule has 0 aliphatic rings. The van der Waals surface area contributed by atoms with E-state index in [4.69, 9.17) is 23.2 Å². The Morgan fingerprint density at radius 2 is 1.52 bits per heavy atom. The molecule has 104 valence electrons. The molecule has 0 atom stereocenters. The van der Waals surface area contributed by atoms with Gasteiger partial charge >= 0.3 is 0 Å². The highest BCUT2D eigenvalue weighted by molar-refractivity contribution is 6.31. The lowest BCUT2D eigenvalue weighted by molar-refractivity contribution is 1.14. The second-order valence-electron chi connectivity index (χ2n) is 4.69. The lowest BCUT2D eigenvalue weighted by Gasteiger charge is -2.09. The quantitative estimate of drug-likeness (QED) is 0.590. The Hall–Kier alpha value is -1.90. The zero-order valence-corrected chi connectivity index (χ0v) is 12.9. The predicted octanol–water partition coefficient (Wildman–Crippen LogP) is 5.43. The number of halogens is 2. The molecule has 2 aromatic carbocycles. The van der Waals surface area contributed by atoms with Crippen LogP contribution in [-0.2, 0) is 0 Å². The summed E-state index contributed by atoms with van der Waals surface area (Å²) in [5.41, 5.74) is 3.57. The zero-order valence-electron chi connectivity index (χ0n) is 11.3. The summed E-state index contributed by atoms with van der Waals surface area (Å²) in [4.78, 5) is 9.03. The van der Waals surface area contributed by atoms with Crippen LogP contribution in [0.25, 0.3) is 22.6 Å². The van der Waals surface area contributed by atoms with E-state index < -0.39 is 0 Å². The molecule has 0 radical (unpaired) electrons. The Kier molecular flexibility index (Phi) is 3.91. The van der Waals surface area contributed by atoms with Gasteiger partial charge in [0, 0.05) is 21.7 Å². The van der Waals surface area contributed by atoms with Crippen LogP contribution in [0.4, 0.5) is 0 Å². The van der Waals surface area contributed by atoms with E-state index in [0.29, 0.717) is 16.0 Å². The van der Waals surface area contributed by atoms with Crippen LogP contribution in [0.15, 0.2) is 54.6 Å². The molecule has 0 saturated heterocycles. The highest BCUT2D eigenvalue weighted by Gasteiger charge is 2.12. The molecule has 0 N–H and O–H groups in total. The van der Waals surface area contributed by atoms with Gasteiger partial charge in [-0.05, 0) is 19.1 Å². The van der Waals surface area contributed by atoms with Gasteiger partial charge in [-0.3, -0.25) is 0 Å². The number of hydrogen-bond acceptors (Lipinski definition) is 2. The fourth-order valence-electron chi connectivity index (χ4n) is 2.12. The Morgan fingerprint density at radius 3 is 2.24 bits per heavy atom. The summed E-state index contributed by atoms with van der Waals surface area (Å²) < 4.78 is 0. The maximum atomic E-state index is 6.27. The van der Waals surface area contributed by atoms with Gasteiger partial charge in [0.1, 0.15) is 5.15 Å². The van der Waals surface area contributed by atoms with Crippen molar-refractivity contribution in [2.75, 3.05) is 0 Å². The lowest BCUT2D eigenvalue weighted by Crippen LogP contribution is -1.97. The van der Waals surface area contributed by atoms with Crippen molar-refractivity contribution in [1.82, 2.24) is 9.97 Å². The molecule has 0 spiro atoms. The Labute approximate surface area is 133 Å². The van der Waals surface area contributed by atoms with Gasteiger partial charge in [-0.25, -0.2) is 9.97 Å². The molecule has 0 fully saturated rings. The first kappa shape index (κ1) is 14.1. The van der Waals surface area contributed by atoms with Crippen LogP contribution in [0.1, 0.15) is 5.56 Å². The maximum Gasteiger partial charge on any atom is 0.161 e. The standard InChI is InChI=1S/C17H12Cl2N2/c1-11-15(12-6-3-2-4-7-12)20-17(21-16(11)19)13-8-5-9-14(18)10-13/h2-10H,1H3. The molecule has 1 heterocycles. The highest BCUT2D eigenvalue weighted by Crippen LogP contribution is 2.29. The Morgan fingerprint density at radius 1 is 0.810 bits per heavy atom. The van der Waals surface area contributed by atoms with Gasteiger partial charge in [0.2, 0.25) is 0 Å². The van der Waals surface area contributed by atoms with E-state index >= 15 is 0 Å². The van der Waals surface area contributed by atoms with Crippen molar-refractivity contribution in [2.24, 2.45) is 0 Å². The molecule has 1 aromatic heterocycles. The monoisotopic (exact) mass is 314 g/mol. The van der Waals surface area contributed by atoms with Crippen LogP contribution in [0.2, 0.25) is 10.2 Å². The average molecular weight is 315 g/mol. The van der Waals surface area contributed by atoms with Gasteiger partial charge in [0.05, 0.1) is 5.69 Å². The van der Waals surface area contributed by atoms with Crippen molar-refractivity contribution in [3.63, 3.8) is 0 Å².